The van der Waals surface area contributed by atoms with Crippen LogP contribution in [0.1, 0.15) is 5.56 Å². The molecule has 0 saturated carbocycles. The first-order chi connectivity index (χ1) is 6.20. The van der Waals surface area contributed by atoms with Gasteiger partial charge in [0.05, 0.1) is 0 Å². The van der Waals surface area contributed by atoms with Crippen molar-refractivity contribution in [2.75, 3.05) is 20.6 Å². The van der Waals surface area contributed by atoms with Crippen LogP contribution in [0.25, 0.3) is 0 Å². The first-order valence-electron chi connectivity index (χ1n) is 4.16. The fourth-order valence-corrected chi connectivity index (χ4v) is 1.61. The summed E-state index contributed by atoms with van der Waals surface area (Å²) in [5.41, 5.74) is 1.28. The van der Waals surface area contributed by atoms with Gasteiger partial charge in [0, 0.05) is 20.6 Å². The van der Waals surface area contributed by atoms with E-state index in [4.69, 9.17) is 0 Å². The molecule has 1 aromatic heterocycles. The van der Waals surface area contributed by atoms with Crippen molar-refractivity contribution in [1.82, 2.24) is 10.2 Å². The molecule has 1 heterocycles. The highest BCUT2D eigenvalue weighted by Crippen LogP contribution is 2.05. The summed E-state index contributed by atoms with van der Waals surface area (Å²) in [6.45, 7) is 0.702. The van der Waals surface area contributed by atoms with Crippen LogP contribution >= 0.6 is 11.3 Å². The summed E-state index contributed by atoms with van der Waals surface area (Å²) < 4.78 is 0. The predicted octanol–water partition coefficient (Wildman–Crippen LogP) is 1.56. The third-order valence-electron chi connectivity index (χ3n) is 1.68. The Hall–Kier alpha value is -1.03. The summed E-state index contributed by atoms with van der Waals surface area (Å²) in [6, 6.07) is 2.04. The molecule has 0 radical (unpaired) electrons. The maximum absolute atomic E-state index is 11.1. The molecule has 0 saturated heterocycles. The Morgan fingerprint density at radius 1 is 1.62 bits per heavy atom. The third kappa shape index (κ3) is 3.46. The molecule has 0 aromatic carbocycles. The van der Waals surface area contributed by atoms with Crippen molar-refractivity contribution in [3.63, 3.8) is 0 Å². The Morgan fingerprint density at radius 2 is 2.38 bits per heavy atom. The summed E-state index contributed by atoms with van der Waals surface area (Å²) in [7, 11) is 3.47. The molecule has 0 aliphatic heterocycles. The lowest BCUT2D eigenvalue weighted by molar-refractivity contribution is 0.217. The summed E-state index contributed by atoms with van der Waals surface area (Å²) in [4.78, 5) is 12.6. The van der Waals surface area contributed by atoms with Crippen molar-refractivity contribution in [3.8, 4) is 0 Å². The fraction of sp³-hybridized carbons (Fsp3) is 0.444. The minimum absolute atomic E-state index is 0.0322. The zero-order valence-corrected chi connectivity index (χ0v) is 8.73. The van der Waals surface area contributed by atoms with E-state index in [0.717, 1.165) is 6.42 Å². The maximum atomic E-state index is 11.1. The van der Waals surface area contributed by atoms with Gasteiger partial charge in [0.25, 0.3) is 0 Å². The maximum Gasteiger partial charge on any atom is 0.316 e. The van der Waals surface area contributed by atoms with Crippen LogP contribution in [0.4, 0.5) is 4.79 Å². The highest BCUT2D eigenvalue weighted by Gasteiger charge is 2.01. The molecule has 13 heavy (non-hydrogen) atoms. The van der Waals surface area contributed by atoms with E-state index in [2.05, 4.69) is 16.8 Å². The molecular weight excluding hydrogens is 184 g/mol. The molecule has 0 spiro atoms. The number of nitrogens with zero attached hydrogens (tertiary/aromatic N) is 1. The summed E-state index contributed by atoms with van der Waals surface area (Å²) in [5, 5.41) is 6.96. The van der Waals surface area contributed by atoms with Crippen LogP contribution < -0.4 is 5.32 Å². The Morgan fingerprint density at radius 3 is 2.92 bits per heavy atom. The molecule has 1 rings (SSSR count). The summed E-state index contributed by atoms with van der Waals surface area (Å²) in [6.07, 6.45) is 0.906. The van der Waals surface area contributed by atoms with Crippen LogP contribution in [0.5, 0.6) is 0 Å². The van der Waals surface area contributed by atoms with Crippen molar-refractivity contribution >= 4 is 17.4 Å². The molecule has 4 heteroatoms. The van der Waals surface area contributed by atoms with Crippen LogP contribution in [-0.4, -0.2) is 31.6 Å². The lowest BCUT2D eigenvalue weighted by atomic mass is 10.2. The number of hydrogen-bond acceptors (Lipinski definition) is 2. The van der Waals surface area contributed by atoms with Gasteiger partial charge in [-0.15, -0.1) is 0 Å². The smallest absolute Gasteiger partial charge is 0.316 e. The van der Waals surface area contributed by atoms with Gasteiger partial charge in [0.1, 0.15) is 0 Å². The van der Waals surface area contributed by atoms with Crippen LogP contribution in [0.15, 0.2) is 16.8 Å². The lowest BCUT2D eigenvalue weighted by Gasteiger charge is -2.11. The minimum Gasteiger partial charge on any atom is -0.338 e. The van der Waals surface area contributed by atoms with Crippen LogP contribution in [0, 0.1) is 0 Å². The Bertz CT molecular complexity index is 257. The summed E-state index contributed by atoms with van der Waals surface area (Å²) >= 11 is 1.68. The Kier molecular flexibility index (Phi) is 3.76. The second-order valence-electron chi connectivity index (χ2n) is 3.01. The predicted molar refractivity (Wildman–Crippen MR) is 55.1 cm³/mol. The molecule has 72 valence electrons. The third-order valence-corrected chi connectivity index (χ3v) is 2.41. The van der Waals surface area contributed by atoms with E-state index in [1.165, 1.54) is 10.5 Å². The molecule has 0 unspecified atom stereocenters. The molecule has 1 aromatic rings. The van der Waals surface area contributed by atoms with Crippen LogP contribution in [0.3, 0.4) is 0 Å². The number of urea groups is 1. The van der Waals surface area contributed by atoms with Gasteiger partial charge in [0.2, 0.25) is 0 Å². The highest BCUT2D eigenvalue weighted by atomic mass is 32.1. The standard InChI is InChI=1S/C9H14N2OS/c1-11(2)9(12)10-5-3-8-4-6-13-7-8/h4,6-7H,3,5H2,1-2H3,(H,10,12). The van der Waals surface area contributed by atoms with E-state index in [0.29, 0.717) is 6.54 Å². The highest BCUT2D eigenvalue weighted by molar-refractivity contribution is 7.07. The molecule has 0 atom stereocenters. The second kappa shape index (κ2) is 4.87. The number of amides is 2. The van der Waals surface area contributed by atoms with Crippen molar-refractivity contribution in [3.05, 3.63) is 22.4 Å². The number of rotatable bonds is 3. The molecule has 3 nitrogen and oxygen atoms in total. The van der Waals surface area contributed by atoms with E-state index in [1.54, 1.807) is 25.4 Å². The summed E-state index contributed by atoms with van der Waals surface area (Å²) in [5.74, 6) is 0. The average molecular weight is 198 g/mol. The first kappa shape index (κ1) is 10.1. The van der Waals surface area contributed by atoms with E-state index in [9.17, 15) is 4.79 Å². The monoisotopic (exact) mass is 198 g/mol. The Labute approximate surface area is 82.4 Å². The quantitative estimate of drug-likeness (QED) is 0.785. The number of carbonyl (C=O) groups excluding carboxylic acids is 1. The molecule has 0 bridgehead atoms. The molecule has 2 amide bonds. The second-order valence-corrected chi connectivity index (χ2v) is 3.79. The van der Waals surface area contributed by atoms with Gasteiger partial charge in [-0.05, 0) is 28.8 Å². The van der Waals surface area contributed by atoms with Gasteiger partial charge >= 0.3 is 6.03 Å². The van der Waals surface area contributed by atoms with E-state index < -0.39 is 0 Å². The van der Waals surface area contributed by atoms with Gasteiger partial charge in [-0.1, -0.05) is 0 Å². The van der Waals surface area contributed by atoms with Gasteiger partial charge < -0.3 is 10.2 Å². The van der Waals surface area contributed by atoms with Gasteiger partial charge in [-0.2, -0.15) is 11.3 Å². The van der Waals surface area contributed by atoms with E-state index in [-0.39, 0.29) is 6.03 Å². The fourth-order valence-electron chi connectivity index (χ4n) is 0.907. The average Bonchev–Trinajstić information content (AvgIpc) is 2.56. The minimum atomic E-state index is -0.0322. The van der Waals surface area contributed by atoms with E-state index in [1.807, 2.05) is 5.38 Å². The molecule has 0 fully saturated rings. The molecule has 0 aliphatic rings. The zero-order chi connectivity index (χ0) is 9.68. The van der Waals surface area contributed by atoms with Crippen molar-refractivity contribution in [1.29, 1.82) is 0 Å². The van der Waals surface area contributed by atoms with Crippen molar-refractivity contribution in [2.45, 2.75) is 6.42 Å². The van der Waals surface area contributed by atoms with Crippen molar-refractivity contribution < 1.29 is 4.79 Å². The lowest BCUT2D eigenvalue weighted by Crippen LogP contribution is -2.35. The molecule has 1 N–H and O–H groups in total. The van der Waals surface area contributed by atoms with Crippen LogP contribution in [0.2, 0.25) is 0 Å². The van der Waals surface area contributed by atoms with E-state index >= 15 is 0 Å². The normalized spacial score (nSPS) is 9.69. The zero-order valence-electron chi connectivity index (χ0n) is 7.91. The number of hydrogen-bond donors (Lipinski definition) is 1. The molecule has 0 aliphatic carbocycles. The molecular formula is C9H14N2OS. The number of thiophene rings is 1. The first-order valence-corrected chi connectivity index (χ1v) is 5.10. The topological polar surface area (TPSA) is 32.3 Å². The SMILES string of the molecule is CN(C)C(=O)NCCc1ccsc1. The van der Waals surface area contributed by atoms with Gasteiger partial charge in [-0.3, -0.25) is 0 Å². The largest absolute Gasteiger partial charge is 0.338 e. The van der Waals surface area contributed by atoms with Crippen molar-refractivity contribution in [2.24, 2.45) is 0 Å². The Balaban J connectivity index is 2.18. The van der Waals surface area contributed by atoms with Gasteiger partial charge in [0.15, 0.2) is 0 Å². The van der Waals surface area contributed by atoms with Crippen LogP contribution in [-0.2, 0) is 6.42 Å². The number of nitrogens with one attached hydrogen (secondary N) is 1. The van der Waals surface area contributed by atoms with Gasteiger partial charge in [-0.25, -0.2) is 4.79 Å². The number of carbonyl (C=O) groups is 1.